The van der Waals surface area contributed by atoms with Crippen molar-refractivity contribution in [1.29, 1.82) is 0 Å². The van der Waals surface area contributed by atoms with Crippen LogP contribution in [0.25, 0.3) is 11.4 Å². The van der Waals surface area contributed by atoms with Gasteiger partial charge in [0.25, 0.3) is 5.91 Å². The fourth-order valence-corrected chi connectivity index (χ4v) is 2.62. The van der Waals surface area contributed by atoms with Gasteiger partial charge in [-0.25, -0.2) is 9.97 Å². The van der Waals surface area contributed by atoms with Crippen LogP contribution in [0.5, 0.6) is 5.75 Å². The largest absolute Gasteiger partial charge is 0.508 e. The van der Waals surface area contributed by atoms with Gasteiger partial charge in [0.2, 0.25) is 0 Å². The molecule has 5 nitrogen and oxygen atoms in total. The summed E-state index contributed by atoms with van der Waals surface area (Å²) in [4.78, 5) is 20.7. The highest BCUT2D eigenvalue weighted by Crippen LogP contribution is 2.23. The zero-order valence-corrected chi connectivity index (χ0v) is 14.5. The highest BCUT2D eigenvalue weighted by atomic mass is 79.9. The molecule has 24 heavy (non-hydrogen) atoms. The van der Waals surface area contributed by atoms with Crippen molar-refractivity contribution in [3.05, 3.63) is 69.9 Å². The van der Waals surface area contributed by atoms with E-state index in [1.165, 1.54) is 12.4 Å². The second kappa shape index (κ2) is 6.98. The molecule has 0 saturated carbocycles. The van der Waals surface area contributed by atoms with Gasteiger partial charge in [0.1, 0.15) is 5.75 Å². The highest BCUT2D eigenvalue weighted by molar-refractivity contribution is 9.10. The lowest BCUT2D eigenvalue weighted by molar-refractivity contribution is 0.102. The first-order valence-corrected chi connectivity index (χ1v) is 8.08. The third-order valence-corrected chi connectivity index (χ3v) is 4.01. The van der Waals surface area contributed by atoms with Crippen molar-refractivity contribution in [2.24, 2.45) is 0 Å². The first-order chi connectivity index (χ1) is 11.5. The molecule has 1 amide bonds. The van der Waals surface area contributed by atoms with Crippen LogP contribution in [0.3, 0.4) is 0 Å². The van der Waals surface area contributed by atoms with Crippen molar-refractivity contribution < 1.29 is 9.90 Å². The Morgan fingerprint density at radius 2 is 1.88 bits per heavy atom. The Balaban J connectivity index is 1.79. The van der Waals surface area contributed by atoms with E-state index in [1.54, 1.807) is 42.5 Å². The Bertz CT molecular complexity index is 901. The zero-order chi connectivity index (χ0) is 17.1. The van der Waals surface area contributed by atoms with E-state index in [1.807, 2.05) is 0 Å². The fourth-order valence-electron chi connectivity index (χ4n) is 2.06. The van der Waals surface area contributed by atoms with Crippen molar-refractivity contribution in [3.8, 4) is 17.1 Å². The molecule has 3 rings (SSSR count). The Kier molecular flexibility index (Phi) is 4.78. The van der Waals surface area contributed by atoms with Crippen LogP contribution in [0.1, 0.15) is 10.4 Å². The van der Waals surface area contributed by atoms with Crippen molar-refractivity contribution in [2.45, 2.75) is 0 Å². The molecule has 0 saturated heterocycles. The summed E-state index contributed by atoms with van der Waals surface area (Å²) in [5, 5.41) is 12.5. The number of phenolic OH excluding ortho intramolecular Hbond substituents is 1. The number of aromatic nitrogens is 2. The molecular formula is C17H11BrClN3O2. The number of anilines is 1. The number of aromatic hydroxyl groups is 1. The summed E-state index contributed by atoms with van der Waals surface area (Å²) >= 11 is 9.35. The average molecular weight is 405 g/mol. The third-order valence-electron chi connectivity index (χ3n) is 3.19. The Labute approximate surface area is 151 Å². The average Bonchev–Trinajstić information content (AvgIpc) is 2.57. The molecule has 1 heterocycles. The number of hydrogen-bond donors (Lipinski definition) is 2. The van der Waals surface area contributed by atoms with Crippen LogP contribution in [0, 0.1) is 0 Å². The van der Waals surface area contributed by atoms with Gasteiger partial charge in [-0.15, -0.1) is 0 Å². The molecule has 0 aliphatic carbocycles. The summed E-state index contributed by atoms with van der Waals surface area (Å²) in [5.74, 6) is 0.233. The van der Waals surface area contributed by atoms with Crippen LogP contribution in [-0.4, -0.2) is 21.0 Å². The van der Waals surface area contributed by atoms with Crippen molar-refractivity contribution in [3.63, 3.8) is 0 Å². The molecule has 0 radical (unpaired) electrons. The number of nitrogens with one attached hydrogen (secondary N) is 1. The van der Waals surface area contributed by atoms with E-state index in [2.05, 4.69) is 31.2 Å². The van der Waals surface area contributed by atoms with Crippen molar-refractivity contribution >= 4 is 39.1 Å². The predicted octanol–water partition coefficient (Wildman–Crippen LogP) is 4.52. The Morgan fingerprint density at radius 1 is 1.12 bits per heavy atom. The van der Waals surface area contributed by atoms with Crippen LogP contribution in [-0.2, 0) is 0 Å². The molecule has 0 bridgehead atoms. The minimum absolute atomic E-state index is 0.137. The maximum atomic E-state index is 12.3. The van der Waals surface area contributed by atoms with Crippen LogP contribution in [0.2, 0.25) is 5.02 Å². The number of carbonyl (C=O) groups is 1. The minimum atomic E-state index is -0.352. The molecule has 0 unspecified atom stereocenters. The van der Waals surface area contributed by atoms with Crippen LogP contribution in [0.4, 0.5) is 5.69 Å². The highest BCUT2D eigenvalue weighted by Gasteiger charge is 2.12. The second-order valence-corrected chi connectivity index (χ2v) is 6.25. The van der Waals surface area contributed by atoms with Crippen LogP contribution >= 0.6 is 27.5 Å². The van der Waals surface area contributed by atoms with Gasteiger partial charge in [-0.3, -0.25) is 4.79 Å². The molecule has 0 atom stereocenters. The molecule has 0 aliphatic heterocycles. The molecule has 1 aromatic heterocycles. The van der Waals surface area contributed by atoms with Gasteiger partial charge in [0, 0.05) is 10.0 Å². The van der Waals surface area contributed by atoms with E-state index in [0.717, 1.165) is 4.47 Å². The maximum Gasteiger partial charge on any atom is 0.257 e. The summed E-state index contributed by atoms with van der Waals surface area (Å²) in [7, 11) is 0. The summed E-state index contributed by atoms with van der Waals surface area (Å²) in [6.07, 6.45) is 2.99. The maximum absolute atomic E-state index is 12.3. The number of carbonyl (C=O) groups excluding carboxylic acids is 1. The van der Waals surface area contributed by atoms with Crippen LogP contribution in [0.15, 0.2) is 59.3 Å². The predicted molar refractivity (Wildman–Crippen MR) is 96.2 cm³/mol. The third kappa shape index (κ3) is 3.72. The van der Waals surface area contributed by atoms with Gasteiger partial charge in [-0.05, 0) is 30.3 Å². The van der Waals surface area contributed by atoms with Gasteiger partial charge in [-0.1, -0.05) is 39.7 Å². The number of rotatable bonds is 3. The monoisotopic (exact) mass is 403 g/mol. The number of benzene rings is 2. The SMILES string of the molecule is O=C(Nc1cnc(-c2cccc(O)c2)nc1)c1cc(Br)ccc1Cl. The smallest absolute Gasteiger partial charge is 0.257 e. The summed E-state index contributed by atoms with van der Waals surface area (Å²) in [6, 6.07) is 11.7. The molecule has 0 spiro atoms. The number of hydrogen-bond acceptors (Lipinski definition) is 4. The molecule has 0 fully saturated rings. The lowest BCUT2D eigenvalue weighted by atomic mass is 10.2. The summed E-state index contributed by atoms with van der Waals surface area (Å²) < 4.78 is 0.757. The first-order valence-electron chi connectivity index (χ1n) is 6.91. The van der Waals surface area contributed by atoms with Crippen LogP contribution < -0.4 is 5.32 Å². The van der Waals surface area contributed by atoms with E-state index >= 15 is 0 Å². The molecule has 120 valence electrons. The molecule has 3 aromatic rings. The van der Waals surface area contributed by atoms with Gasteiger partial charge in [0.05, 0.1) is 28.7 Å². The van der Waals surface area contributed by atoms with Gasteiger partial charge >= 0.3 is 0 Å². The zero-order valence-electron chi connectivity index (χ0n) is 12.2. The molecular weight excluding hydrogens is 394 g/mol. The first kappa shape index (κ1) is 16.4. The van der Waals surface area contributed by atoms with Gasteiger partial charge < -0.3 is 10.4 Å². The van der Waals surface area contributed by atoms with Gasteiger partial charge in [0.15, 0.2) is 5.82 Å². The summed E-state index contributed by atoms with van der Waals surface area (Å²) in [6.45, 7) is 0. The van der Waals surface area contributed by atoms with Crippen molar-refractivity contribution in [1.82, 2.24) is 9.97 Å². The number of phenols is 1. The topological polar surface area (TPSA) is 75.1 Å². The Morgan fingerprint density at radius 3 is 2.58 bits per heavy atom. The standard InChI is InChI=1S/C17H11BrClN3O2/c18-11-4-5-15(19)14(7-11)17(24)22-12-8-20-16(21-9-12)10-2-1-3-13(23)6-10/h1-9,23H,(H,22,24). The number of halogens is 2. The second-order valence-electron chi connectivity index (χ2n) is 4.92. The number of nitrogens with zero attached hydrogens (tertiary/aromatic N) is 2. The fraction of sp³-hybridized carbons (Fsp3) is 0. The van der Waals surface area contributed by atoms with Crippen molar-refractivity contribution in [2.75, 3.05) is 5.32 Å². The lowest BCUT2D eigenvalue weighted by Gasteiger charge is -2.07. The molecule has 0 aliphatic rings. The van der Waals surface area contributed by atoms with E-state index in [0.29, 0.717) is 27.7 Å². The normalized spacial score (nSPS) is 10.4. The quantitative estimate of drug-likeness (QED) is 0.673. The molecule has 2 N–H and O–H groups in total. The lowest BCUT2D eigenvalue weighted by Crippen LogP contribution is -2.13. The van der Waals surface area contributed by atoms with E-state index in [-0.39, 0.29) is 11.7 Å². The van der Waals surface area contributed by atoms with E-state index in [9.17, 15) is 9.90 Å². The molecule has 7 heteroatoms. The van der Waals surface area contributed by atoms with E-state index in [4.69, 9.17) is 11.6 Å². The van der Waals surface area contributed by atoms with Gasteiger partial charge in [-0.2, -0.15) is 0 Å². The number of amides is 1. The van der Waals surface area contributed by atoms with E-state index < -0.39 is 0 Å². The minimum Gasteiger partial charge on any atom is -0.508 e. The summed E-state index contributed by atoms with van der Waals surface area (Å²) in [5.41, 5.74) is 1.48. The molecule has 2 aromatic carbocycles. The Hall–Kier alpha value is -2.44.